The molecule has 4 N–H and O–H groups in total. The number of carbonyl (C=O) groups is 2. The fourth-order valence-electron chi connectivity index (χ4n) is 3.73. The maximum atomic E-state index is 12.7. The predicted molar refractivity (Wildman–Crippen MR) is 121 cm³/mol. The van der Waals surface area contributed by atoms with Crippen LogP contribution in [0, 0.1) is 13.8 Å². The van der Waals surface area contributed by atoms with E-state index in [-0.39, 0.29) is 36.8 Å². The van der Waals surface area contributed by atoms with Gasteiger partial charge in [0.05, 0.1) is 6.54 Å². The number of hydrogen-bond donors (Lipinski definition) is 3. The monoisotopic (exact) mass is 416 g/mol. The van der Waals surface area contributed by atoms with Crippen LogP contribution >= 0.6 is 12.4 Å². The van der Waals surface area contributed by atoms with E-state index in [1.165, 1.54) is 0 Å². The maximum Gasteiger partial charge on any atom is 0.243 e. The molecule has 3 rings (SSSR count). The summed E-state index contributed by atoms with van der Waals surface area (Å²) < 4.78 is 0. The van der Waals surface area contributed by atoms with Crippen LogP contribution < -0.4 is 21.3 Å². The van der Waals surface area contributed by atoms with Crippen molar-refractivity contribution >= 4 is 41.3 Å². The molecule has 1 atom stereocenters. The molecule has 7 heteroatoms. The molecule has 0 saturated carbocycles. The Morgan fingerprint density at radius 1 is 1.14 bits per heavy atom. The molecule has 2 aromatic rings. The highest BCUT2D eigenvalue weighted by atomic mass is 35.5. The number of benzene rings is 2. The zero-order valence-corrected chi connectivity index (χ0v) is 17.9. The van der Waals surface area contributed by atoms with Crippen LogP contribution in [0.25, 0.3) is 0 Å². The van der Waals surface area contributed by atoms with E-state index in [1.807, 2.05) is 57.2 Å². The number of para-hydroxylation sites is 1. The summed E-state index contributed by atoms with van der Waals surface area (Å²) in [7, 11) is 0. The van der Waals surface area contributed by atoms with Crippen molar-refractivity contribution < 1.29 is 9.59 Å². The summed E-state index contributed by atoms with van der Waals surface area (Å²) >= 11 is 0. The molecule has 1 aliphatic rings. The molecule has 0 aliphatic carbocycles. The molecule has 29 heavy (non-hydrogen) atoms. The van der Waals surface area contributed by atoms with Gasteiger partial charge in [0.15, 0.2) is 0 Å². The molecule has 0 radical (unpaired) electrons. The van der Waals surface area contributed by atoms with E-state index < -0.39 is 0 Å². The number of aryl methyl sites for hydroxylation is 2. The molecule has 0 aromatic heterocycles. The highest BCUT2D eigenvalue weighted by Crippen LogP contribution is 2.32. The van der Waals surface area contributed by atoms with Gasteiger partial charge in [0.1, 0.15) is 6.04 Å². The van der Waals surface area contributed by atoms with Crippen molar-refractivity contribution in [1.29, 1.82) is 0 Å². The van der Waals surface area contributed by atoms with Gasteiger partial charge in [0.2, 0.25) is 11.8 Å². The summed E-state index contributed by atoms with van der Waals surface area (Å²) in [5.74, 6) is -0.409. The Hall–Kier alpha value is -2.73. The lowest BCUT2D eigenvalue weighted by Crippen LogP contribution is -2.48. The summed E-state index contributed by atoms with van der Waals surface area (Å²) in [6, 6.07) is 11.3. The van der Waals surface area contributed by atoms with Gasteiger partial charge in [-0.15, -0.1) is 12.4 Å². The fourth-order valence-corrected chi connectivity index (χ4v) is 3.73. The molecule has 2 aromatic carbocycles. The van der Waals surface area contributed by atoms with Crippen molar-refractivity contribution in [2.75, 3.05) is 29.0 Å². The van der Waals surface area contributed by atoms with Crippen molar-refractivity contribution in [2.45, 2.75) is 39.7 Å². The zero-order chi connectivity index (χ0) is 20.3. The van der Waals surface area contributed by atoms with E-state index in [4.69, 9.17) is 5.73 Å². The Morgan fingerprint density at radius 3 is 2.48 bits per heavy atom. The molecule has 0 fully saturated rings. The number of anilines is 3. The van der Waals surface area contributed by atoms with Crippen LogP contribution in [0.5, 0.6) is 0 Å². The second-order valence-electron chi connectivity index (χ2n) is 7.35. The number of nitrogens with one attached hydrogen (secondary N) is 2. The van der Waals surface area contributed by atoms with Gasteiger partial charge in [0.25, 0.3) is 0 Å². The molecular formula is C22H29ClN4O2. The molecule has 156 valence electrons. The van der Waals surface area contributed by atoms with Crippen molar-refractivity contribution in [3.8, 4) is 0 Å². The third kappa shape index (κ3) is 5.01. The van der Waals surface area contributed by atoms with E-state index in [9.17, 15) is 9.59 Å². The molecule has 0 spiro atoms. The Balaban J connectivity index is 0.00000300. The van der Waals surface area contributed by atoms with Crippen molar-refractivity contribution in [1.82, 2.24) is 5.32 Å². The second-order valence-corrected chi connectivity index (χ2v) is 7.35. The van der Waals surface area contributed by atoms with E-state index in [2.05, 4.69) is 15.5 Å². The summed E-state index contributed by atoms with van der Waals surface area (Å²) in [4.78, 5) is 27.0. The Bertz CT molecular complexity index is 880. The highest BCUT2D eigenvalue weighted by Gasteiger charge is 2.27. The first-order chi connectivity index (χ1) is 13.4. The van der Waals surface area contributed by atoms with Gasteiger partial charge in [0, 0.05) is 23.6 Å². The van der Waals surface area contributed by atoms with Gasteiger partial charge in [-0.25, -0.2) is 0 Å². The topological polar surface area (TPSA) is 87.5 Å². The smallest absolute Gasteiger partial charge is 0.243 e. The summed E-state index contributed by atoms with van der Waals surface area (Å²) in [6.45, 7) is 6.48. The molecule has 0 bridgehead atoms. The van der Waals surface area contributed by atoms with Crippen LogP contribution in [-0.4, -0.2) is 30.9 Å². The molecule has 1 aliphatic heterocycles. The highest BCUT2D eigenvalue weighted by molar-refractivity contribution is 5.97. The lowest BCUT2D eigenvalue weighted by atomic mass is 9.98. The van der Waals surface area contributed by atoms with Gasteiger partial charge >= 0.3 is 0 Å². The Kier molecular flexibility index (Phi) is 7.51. The molecule has 1 unspecified atom stereocenters. The van der Waals surface area contributed by atoms with Gasteiger partial charge in [-0.1, -0.05) is 24.3 Å². The first-order valence-corrected chi connectivity index (χ1v) is 9.66. The lowest BCUT2D eigenvalue weighted by molar-refractivity contribution is -0.124. The van der Waals surface area contributed by atoms with Gasteiger partial charge in [-0.2, -0.15) is 0 Å². The van der Waals surface area contributed by atoms with Crippen LogP contribution in [-0.2, 0) is 16.0 Å². The first kappa shape index (κ1) is 22.6. The van der Waals surface area contributed by atoms with Crippen LogP contribution in [0.3, 0.4) is 0 Å². The van der Waals surface area contributed by atoms with Gasteiger partial charge < -0.3 is 21.3 Å². The molecule has 6 nitrogen and oxygen atoms in total. The number of amides is 2. The fraction of sp³-hybridized carbons (Fsp3) is 0.364. The van der Waals surface area contributed by atoms with Crippen molar-refractivity contribution in [3.05, 3.63) is 53.1 Å². The van der Waals surface area contributed by atoms with Crippen molar-refractivity contribution in [3.63, 3.8) is 0 Å². The lowest BCUT2D eigenvalue weighted by Gasteiger charge is -2.36. The predicted octanol–water partition coefficient (Wildman–Crippen LogP) is 3.20. The SMILES string of the molecule is Cc1cccc(C)c1NC(=O)CNC(=O)C(C)N1CCCc2c(N)cccc21.Cl. The molecule has 0 saturated heterocycles. The van der Waals surface area contributed by atoms with Crippen LogP contribution in [0.2, 0.25) is 0 Å². The number of hydrogen-bond acceptors (Lipinski definition) is 4. The largest absolute Gasteiger partial charge is 0.398 e. The normalized spacial score (nSPS) is 13.7. The minimum absolute atomic E-state index is 0. The Labute approximate surface area is 178 Å². The van der Waals surface area contributed by atoms with Gasteiger partial charge in [-0.3, -0.25) is 9.59 Å². The minimum atomic E-state index is -0.381. The average molecular weight is 417 g/mol. The van der Waals surface area contributed by atoms with E-state index in [0.29, 0.717) is 0 Å². The number of rotatable bonds is 5. The molecule has 2 amide bonds. The Morgan fingerprint density at radius 2 is 1.79 bits per heavy atom. The molecular weight excluding hydrogens is 388 g/mol. The van der Waals surface area contributed by atoms with Crippen LogP contribution in [0.1, 0.15) is 30.0 Å². The number of carbonyl (C=O) groups excluding carboxylic acids is 2. The van der Waals surface area contributed by atoms with Gasteiger partial charge in [-0.05, 0) is 62.4 Å². The zero-order valence-electron chi connectivity index (χ0n) is 17.1. The van der Waals surface area contributed by atoms with Crippen molar-refractivity contribution in [2.24, 2.45) is 0 Å². The minimum Gasteiger partial charge on any atom is -0.398 e. The first-order valence-electron chi connectivity index (χ1n) is 9.66. The third-order valence-corrected chi connectivity index (χ3v) is 5.34. The number of nitrogens with two attached hydrogens (primary N) is 1. The maximum absolute atomic E-state index is 12.7. The standard InChI is InChI=1S/C22H28N4O2.ClH/c1-14-7-4-8-15(2)21(14)25-20(27)13-24-22(28)16(3)26-12-6-9-17-18(23)10-5-11-19(17)26;/h4-5,7-8,10-11,16H,6,9,12-13,23H2,1-3H3,(H,24,28)(H,25,27);1H. The summed E-state index contributed by atoms with van der Waals surface area (Å²) in [5.41, 5.74) is 11.8. The number of nitrogen functional groups attached to an aromatic ring is 1. The summed E-state index contributed by atoms with van der Waals surface area (Å²) in [5, 5.41) is 5.65. The number of fused-ring (bicyclic) bond motifs is 1. The van der Waals surface area contributed by atoms with Crippen LogP contribution in [0.4, 0.5) is 17.1 Å². The summed E-state index contributed by atoms with van der Waals surface area (Å²) in [6.07, 6.45) is 1.87. The van der Waals surface area contributed by atoms with E-state index in [0.717, 1.165) is 53.1 Å². The number of halogens is 1. The van der Waals surface area contributed by atoms with Crippen LogP contribution in [0.15, 0.2) is 36.4 Å². The quantitative estimate of drug-likeness (QED) is 0.653. The second kappa shape index (κ2) is 9.65. The number of nitrogens with zero attached hydrogens (tertiary/aromatic N) is 1. The molecule has 1 heterocycles. The van der Waals surface area contributed by atoms with E-state index in [1.54, 1.807) is 0 Å². The third-order valence-electron chi connectivity index (χ3n) is 5.34. The van der Waals surface area contributed by atoms with E-state index >= 15 is 0 Å². The average Bonchev–Trinajstić information content (AvgIpc) is 2.68.